The molecule has 1 saturated heterocycles. The van der Waals surface area contributed by atoms with Crippen LogP contribution in [0.5, 0.6) is 0 Å². The Balaban J connectivity index is 1.15. The van der Waals surface area contributed by atoms with E-state index in [2.05, 4.69) is 24.1 Å². The van der Waals surface area contributed by atoms with Gasteiger partial charge < -0.3 is 19.0 Å². The van der Waals surface area contributed by atoms with Crippen molar-refractivity contribution in [2.75, 3.05) is 13.1 Å². The van der Waals surface area contributed by atoms with Crippen molar-refractivity contribution in [1.82, 2.24) is 19.6 Å². The van der Waals surface area contributed by atoms with Gasteiger partial charge in [-0.2, -0.15) is 0 Å². The van der Waals surface area contributed by atoms with Crippen LogP contribution in [0.25, 0.3) is 5.65 Å². The predicted octanol–water partition coefficient (Wildman–Crippen LogP) is 5.31. The summed E-state index contributed by atoms with van der Waals surface area (Å²) < 4.78 is 7.72. The van der Waals surface area contributed by atoms with Crippen LogP contribution >= 0.6 is 0 Å². The van der Waals surface area contributed by atoms with Crippen molar-refractivity contribution in [2.24, 2.45) is 0 Å². The lowest BCUT2D eigenvalue weighted by Crippen LogP contribution is -2.38. The molecule has 186 valence electrons. The molecule has 0 radical (unpaired) electrons. The van der Waals surface area contributed by atoms with Crippen LogP contribution in [0.15, 0.2) is 65.5 Å². The average molecular weight is 485 g/mol. The van der Waals surface area contributed by atoms with Crippen molar-refractivity contribution in [1.29, 1.82) is 0 Å². The molecule has 36 heavy (non-hydrogen) atoms. The van der Waals surface area contributed by atoms with E-state index in [1.165, 1.54) is 5.56 Å². The molecule has 4 heterocycles. The van der Waals surface area contributed by atoms with Crippen LogP contribution in [-0.4, -0.2) is 39.2 Å². The van der Waals surface area contributed by atoms with Crippen molar-refractivity contribution >= 4 is 17.5 Å². The molecule has 0 spiro atoms. The number of likely N-dealkylation sites (tertiary alicyclic amines) is 1. The number of hydrogen-bond donors (Lipinski definition) is 1. The molecule has 1 N–H and O–H groups in total. The van der Waals surface area contributed by atoms with Crippen molar-refractivity contribution in [3.05, 3.63) is 94.8 Å². The van der Waals surface area contributed by atoms with Gasteiger partial charge in [0.1, 0.15) is 17.2 Å². The van der Waals surface area contributed by atoms with Gasteiger partial charge in [-0.3, -0.25) is 9.59 Å². The molecular formula is C29H32N4O3. The van der Waals surface area contributed by atoms with Crippen molar-refractivity contribution < 1.29 is 14.0 Å². The SMILES string of the molecule is Cc1oc(C(C)C)cc1C(=O)N1CCC(c2ccc(C(=O)NCc3ccn4ccnc4c3)cc2)CC1. The molecule has 2 amide bonds. The standard InChI is InChI=1S/C29H32N4O3/c1-19(2)26-17-25(20(3)36-26)29(35)33-13-9-23(10-14-33)22-4-6-24(7-5-22)28(34)31-18-21-8-12-32-15-11-30-27(32)16-21/h4-8,11-12,15-17,19,23H,9-10,13-14,18H2,1-3H3,(H,31,34). The summed E-state index contributed by atoms with van der Waals surface area (Å²) >= 11 is 0. The lowest BCUT2D eigenvalue weighted by Gasteiger charge is -2.32. The highest BCUT2D eigenvalue weighted by Crippen LogP contribution is 2.30. The quantitative estimate of drug-likeness (QED) is 0.402. The summed E-state index contributed by atoms with van der Waals surface area (Å²) in [4.78, 5) is 31.9. The second-order valence-corrected chi connectivity index (χ2v) is 9.87. The molecule has 0 atom stereocenters. The molecule has 5 rings (SSSR count). The third kappa shape index (κ3) is 4.91. The van der Waals surface area contributed by atoms with Crippen LogP contribution in [0.4, 0.5) is 0 Å². The molecule has 4 aromatic rings. The third-order valence-electron chi connectivity index (χ3n) is 7.08. The van der Waals surface area contributed by atoms with Gasteiger partial charge in [0, 0.05) is 49.7 Å². The van der Waals surface area contributed by atoms with Gasteiger partial charge in [-0.1, -0.05) is 26.0 Å². The number of nitrogens with one attached hydrogen (secondary N) is 1. The van der Waals surface area contributed by atoms with Gasteiger partial charge in [0.05, 0.1) is 5.56 Å². The van der Waals surface area contributed by atoms with E-state index < -0.39 is 0 Å². The predicted molar refractivity (Wildman–Crippen MR) is 138 cm³/mol. The zero-order valence-corrected chi connectivity index (χ0v) is 21.0. The number of carbonyl (C=O) groups excluding carboxylic acids is 2. The minimum absolute atomic E-state index is 0.0560. The fraction of sp³-hybridized carbons (Fsp3) is 0.345. The van der Waals surface area contributed by atoms with E-state index in [0.717, 1.165) is 29.8 Å². The molecule has 7 heteroatoms. The number of rotatable bonds is 6. The zero-order chi connectivity index (χ0) is 25.2. The number of furan rings is 1. The second-order valence-electron chi connectivity index (χ2n) is 9.87. The number of nitrogens with zero attached hydrogens (tertiary/aromatic N) is 3. The van der Waals surface area contributed by atoms with Crippen molar-refractivity contribution in [2.45, 2.75) is 52.0 Å². The molecule has 1 aliphatic rings. The van der Waals surface area contributed by atoms with Crippen LogP contribution < -0.4 is 5.32 Å². The average Bonchev–Trinajstić information content (AvgIpc) is 3.53. The first-order valence-electron chi connectivity index (χ1n) is 12.6. The highest BCUT2D eigenvalue weighted by atomic mass is 16.3. The van der Waals surface area contributed by atoms with Crippen LogP contribution in [0, 0.1) is 6.92 Å². The Hall–Kier alpha value is -3.87. The summed E-state index contributed by atoms with van der Waals surface area (Å²) in [5.74, 6) is 2.15. The molecule has 1 aliphatic heterocycles. The van der Waals surface area contributed by atoms with Crippen LogP contribution in [0.2, 0.25) is 0 Å². The highest BCUT2D eigenvalue weighted by molar-refractivity contribution is 5.95. The van der Waals surface area contributed by atoms with Gasteiger partial charge in [-0.25, -0.2) is 4.98 Å². The van der Waals surface area contributed by atoms with E-state index in [1.807, 2.05) is 71.1 Å². The number of aromatic nitrogens is 2. The maximum absolute atomic E-state index is 13.1. The number of aryl methyl sites for hydroxylation is 1. The van der Waals surface area contributed by atoms with Gasteiger partial charge in [0.25, 0.3) is 11.8 Å². The minimum atomic E-state index is -0.0959. The molecule has 0 bridgehead atoms. The lowest BCUT2D eigenvalue weighted by atomic mass is 9.88. The Morgan fingerprint density at radius 3 is 2.53 bits per heavy atom. The Kier molecular flexibility index (Phi) is 6.63. The summed E-state index contributed by atoms with van der Waals surface area (Å²) in [5, 5.41) is 2.99. The van der Waals surface area contributed by atoms with E-state index in [4.69, 9.17) is 4.42 Å². The Bertz CT molecular complexity index is 1380. The number of amides is 2. The first kappa shape index (κ1) is 23.9. The van der Waals surface area contributed by atoms with Crippen molar-refractivity contribution in [3.63, 3.8) is 0 Å². The fourth-order valence-electron chi connectivity index (χ4n) is 4.84. The molecule has 7 nitrogen and oxygen atoms in total. The van der Waals surface area contributed by atoms with Gasteiger partial charge in [0.2, 0.25) is 0 Å². The lowest BCUT2D eigenvalue weighted by molar-refractivity contribution is 0.0711. The first-order valence-corrected chi connectivity index (χ1v) is 12.6. The first-order chi connectivity index (χ1) is 17.4. The number of benzene rings is 1. The van der Waals surface area contributed by atoms with Gasteiger partial charge in [-0.05, 0) is 67.1 Å². The molecule has 1 aromatic carbocycles. The topological polar surface area (TPSA) is 79.9 Å². The maximum Gasteiger partial charge on any atom is 0.257 e. The fourth-order valence-corrected chi connectivity index (χ4v) is 4.84. The second kappa shape index (κ2) is 10.0. The summed E-state index contributed by atoms with van der Waals surface area (Å²) in [6, 6.07) is 13.7. The van der Waals surface area contributed by atoms with E-state index in [9.17, 15) is 9.59 Å². The third-order valence-corrected chi connectivity index (χ3v) is 7.08. The van der Waals surface area contributed by atoms with Crippen molar-refractivity contribution in [3.8, 4) is 0 Å². The smallest absolute Gasteiger partial charge is 0.257 e. The van der Waals surface area contributed by atoms with E-state index >= 15 is 0 Å². The zero-order valence-electron chi connectivity index (χ0n) is 21.0. The summed E-state index contributed by atoms with van der Waals surface area (Å²) in [7, 11) is 0. The summed E-state index contributed by atoms with van der Waals surface area (Å²) in [6.07, 6.45) is 7.40. The number of piperidine rings is 1. The summed E-state index contributed by atoms with van der Waals surface area (Å²) in [6.45, 7) is 7.87. The number of hydrogen-bond acceptors (Lipinski definition) is 4. The van der Waals surface area contributed by atoms with Crippen LogP contribution in [-0.2, 0) is 6.54 Å². The van der Waals surface area contributed by atoms with E-state index in [-0.39, 0.29) is 17.7 Å². The number of imidazole rings is 1. The Labute approximate surface area is 211 Å². The van der Waals surface area contributed by atoms with Gasteiger partial charge in [0.15, 0.2) is 0 Å². The minimum Gasteiger partial charge on any atom is -0.465 e. The highest BCUT2D eigenvalue weighted by Gasteiger charge is 2.27. The number of pyridine rings is 1. The Morgan fingerprint density at radius 1 is 1.08 bits per heavy atom. The molecule has 0 unspecified atom stereocenters. The monoisotopic (exact) mass is 484 g/mol. The Morgan fingerprint density at radius 2 is 1.83 bits per heavy atom. The summed E-state index contributed by atoms with van der Waals surface area (Å²) in [5.41, 5.74) is 4.40. The van der Waals surface area contributed by atoms with E-state index in [1.54, 1.807) is 6.20 Å². The largest absolute Gasteiger partial charge is 0.465 e. The molecule has 0 aliphatic carbocycles. The van der Waals surface area contributed by atoms with Crippen LogP contribution in [0.1, 0.15) is 81.9 Å². The molecule has 1 fully saturated rings. The maximum atomic E-state index is 13.1. The van der Waals surface area contributed by atoms with Gasteiger partial charge in [-0.15, -0.1) is 0 Å². The van der Waals surface area contributed by atoms with Gasteiger partial charge >= 0.3 is 0 Å². The normalized spacial score (nSPS) is 14.5. The molecular weight excluding hydrogens is 452 g/mol. The number of fused-ring (bicyclic) bond motifs is 1. The molecule has 3 aromatic heterocycles. The van der Waals surface area contributed by atoms with Crippen LogP contribution in [0.3, 0.4) is 0 Å². The molecule has 0 saturated carbocycles. The number of carbonyl (C=O) groups is 2. The van der Waals surface area contributed by atoms with E-state index in [0.29, 0.717) is 42.4 Å².